The van der Waals surface area contributed by atoms with Crippen LogP contribution in [0.3, 0.4) is 0 Å². The van der Waals surface area contributed by atoms with Crippen LogP contribution in [0.1, 0.15) is 38.2 Å². The maximum Gasteiger partial charge on any atom is 0.0670 e. The molecule has 3 heteroatoms. The fourth-order valence-corrected chi connectivity index (χ4v) is 3.91. The Morgan fingerprint density at radius 1 is 1.42 bits per heavy atom. The summed E-state index contributed by atoms with van der Waals surface area (Å²) in [5, 5.41) is 4.51. The highest BCUT2D eigenvalue weighted by Gasteiger charge is 2.59. The molecule has 0 heterocycles. The van der Waals surface area contributed by atoms with Crippen molar-refractivity contribution in [2.75, 3.05) is 11.9 Å². The molecule has 0 aliphatic heterocycles. The van der Waals surface area contributed by atoms with Gasteiger partial charge in [-0.15, -0.1) is 0 Å². The smallest absolute Gasteiger partial charge is 0.0670 e. The van der Waals surface area contributed by atoms with Gasteiger partial charge in [0, 0.05) is 18.1 Å². The third-order valence-corrected chi connectivity index (χ3v) is 5.29. The maximum atomic E-state index is 6.31. The Kier molecular flexibility index (Phi) is 3.48. The van der Waals surface area contributed by atoms with E-state index < -0.39 is 0 Å². The summed E-state index contributed by atoms with van der Waals surface area (Å²) in [5.41, 5.74) is 2.71. The summed E-state index contributed by atoms with van der Waals surface area (Å²) >= 11 is 6.31. The van der Waals surface area contributed by atoms with Crippen molar-refractivity contribution in [3.63, 3.8) is 0 Å². The Morgan fingerprint density at radius 2 is 2.21 bits per heavy atom. The van der Waals surface area contributed by atoms with E-state index in [0.717, 1.165) is 23.7 Å². The van der Waals surface area contributed by atoms with Crippen molar-refractivity contribution in [1.29, 1.82) is 0 Å². The van der Waals surface area contributed by atoms with Crippen LogP contribution in [0.4, 0.5) is 5.69 Å². The first kappa shape index (κ1) is 13.3. The summed E-state index contributed by atoms with van der Waals surface area (Å²) in [6.07, 6.45) is 5.48. The number of anilines is 1. The van der Waals surface area contributed by atoms with E-state index in [-0.39, 0.29) is 0 Å². The quantitative estimate of drug-likeness (QED) is 0.882. The van der Waals surface area contributed by atoms with Gasteiger partial charge in [0.1, 0.15) is 0 Å². The number of nitrogens with one attached hydrogen (secondary N) is 1. The summed E-state index contributed by atoms with van der Waals surface area (Å²) in [5.74, 6) is 0. The lowest BCUT2D eigenvalue weighted by Gasteiger charge is -2.61. The van der Waals surface area contributed by atoms with Gasteiger partial charge in [-0.2, -0.15) is 0 Å². The number of aryl methyl sites for hydroxylation is 1. The molecule has 2 atom stereocenters. The first-order valence-corrected chi connectivity index (χ1v) is 7.68. The van der Waals surface area contributed by atoms with Crippen LogP contribution in [0.2, 0.25) is 5.02 Å². The second-order valence-electron chi connectivity index (χ2n) is 5.90. The summed E-state index contributed by atoms with van der Waals surface area (Å²) in [6.45, 7) is 5.02. The highest BCUT2D eigenvalue weighted by atomic mass is 35.5. The van der Waals surface area contributed by atoms with Gasteiger partial charge >= 0.3 is 0 Å². The van der Waals surface area contributed by atoms with Gasteiger partial charge in [-0.3, -0.25) is 0 Å². The number of para-hydroxylation sites is 1. The monoisotopic (exact) mass is 279 g/mol. The van der Waals surface area contributed by atoms with E-state index >= 15 is 0 Å². The predicted molar refractivity (Wildman–Crippen MR) is 79.9 cm³/mol. The molecule has 2 aliphatic carbocycles. The van der Waals surface area contributed by atoms with E-state index in [9.17, 15) is 0 Å². The maximum absolute atomic E-state index is 6.31. The first-order chi connectivity index (χ1) is 9.17. The third kappa shape index (κ3) is 2.05. The van der Waals surface area contributed by atoms with Gasteiger partial charge in [0.2, 0.25) is 0 Å². The minimum absolute atomic E-state index is 0.377. The van der Waals surface area contributed by atoms with Gasteiger partial charge in [-0.05, 0) is 44.7 Å². The highest BCUT2D eigenvalue weighted by Crippen LogP contribution is 2.58. The van der Waals surface area contributed by atoms with Crippen molar-refractivity contribution in [3.8, 4) is 0 Å². The van der Waals surface area contributed by atoms with Crippen LogP contribution < -0.4 is 5.32 Å². The number of benzene rings is 1. The lowest BCUT2D eigenvalue weighted by molar-refractivity contribution is -0.157. The molecule has 1 aromatic rings. The zero-order chi connectivity index (χ0) is 13.5. The molecule has 0 aromatic heterocycles. The molecule has 2 aliphatic rings. The van der Waals surface area contributed by atoms with Gasteiger partial charge in [0.05, 0.1) is 16.8 Å². The van der Waals surface area contributed by atoms with Crippen LogP contribution in [-0.4, -0.2) is 18.8 Å². The molecule has 0 bridgehead atoms. The van der Waals surface area contributed by atoms with Crippen molar-refractivity contribution < 1.29 is 4.74 Å². The van der Waals surface area contributed by atoms with E-state index in [1.54, 1.807) is 0 Å². The molecule has 19 heavy (non-hydrogen) atoms. The molecule has 2 saturated carbocycles. The van der Waals surface area contributed by atoms with Crippen molar-refractivity contribution in [2.45, 2.75) is 51.7 Å². The SMILES string of the molecule is CCOC1CC(Nc2c(C)cccc2Cl)C12CCC2. The number of ether oxygens (including phenoxy) is 1. The normalized spacial score (nSPS) is 27.7. The van der Waals surface area contributed by atoms with Gasteiger partial charge < -0.3 is 10.1 Å². The summed E-state index contributed by atoms with van der Waals surface area (Å²) in [6, 6.07) is 6.60. The van der Waals surface area contributed by atoms with Gasteiger partial charge in [0.25, 0.3) is 0 Å². The van der Waals surface area contributed by atoms with E-state index in [1.165, 1.54) is 24.8 Å². The van der Waals surface area contributed by atoms with Crippen LogP contribution in [-0.2, 0) is 4.74 Å². The Bertz CT molecular complexity index is 450. The zero-order valence-electron chi connectivity index (χ0n) is 11.7. The topological polar surface area (TPSA) is 21.3 Å². The summed E-state index contributed by atoms with van der Waals surface area (Å²) in [7, 11) is 0. The highest BCUT2D eigenvalue weighted by molar-refractivity contribution is 6.33. The van der Waals surface area contributed by atoms with Gasteiger partial charge in [0.15, 0.2) is 0 Å². The average molecular weight is 280 g/mol. The second kappa shape index (κ2) is 4.99. The van der Waals surface area contributed by atoms with Crippen molar-refractivity contribution in [1.82, 2.24) is 0 Å². The van der Waals surface area contributed by atoms with E-state index in [4.69, 9.17) is 16.3 Å². The van der Waals surface area contributed by atoms with E-state index in [2.05, 4.69) is 25.2 Å². The average Bonchev–Trinajstić information content (AvgIpc) is 2.29. The van der Waals surface area contributed by atoms with Crippen LogP contribution >= 0.6 is 11.6 Å². The van der Waals surface area contributed by atoms with Gasteiger partial charge in [-0.25, -0.2) is 0 Å². The van der Waals surface area contributed by atoms with Crippen molar-refractivity contribution in [3.05, 3.63) is 28.8 Å². The Labute approximate surface area is 120 Å². The summed E-state index contributed by atoms with van der Waals surface area (Å²) < 4.78 is 5.89. The number of rotatable bonds is 4. The molecular formula is C16H22ClNO. The molecule has 1 spiro atoms. The molecular weight excluding hydrogens is 258 g/mol. The molecule has 0 saturated heterocycles. The number of hydrogen-bond acceptors (Lipinski definition) is 2. The van der Waals surface area contributed by atoms with Crippen molar-refractivity contribution >= 4 is 17.3 Å². The Hall–Kier alpha value is -0.730. The zero-order valence-corrected chi connectivity index (χ0v) is 12.5. The number of hydrogen-bond donors (Lipinski definition) is 1. The standard InChI is InChI=1S/C16H22ClNO/c1-3-19-14-10-13(16(14)8-5-9-16)18-15-11(2)6-4-7-12(15)17/h4,6-7,13-14,18H,3,5,8-10H2,1-2H3. The van der Waals surface area contributed by atoms with E-state index in [1.807, 2.05) is 12.1 Å². The molecule has 1 N–H and O–H groups in total. The Morgan fingerprint density at radius 3 is 2.79 bits per heavy atom. The molecule has 3 rings (SSSR count). The molecule has 2 nitrogen and oxygen atoms in total. The van der Waals surface area contributed by atoms with E-state index in [0.29, 0.717) is 17.6 Å². The van der Waals surface area contributed by atoms with Crippen molar-refractivity contribution in [2.24, 2.45) is 5.41 Å². The minimum atomic E-state index is 0.377. The minimum Gasteiger partial charge on any atom is -0.380 e. The Balaban J connectivity index is 1.75. The summed E-state index contributed by atoms with van der Waals surface area (Å²) in [4.78, 5) is 0. The first-order valence-electron chi connectivity index (χ1n) is 7.30. The molecule has 0 radical (unpaired) electrons. The fraction of sp³-hybridized carbons (Fsp3) is 0.625. The molecule has 1 aromatic carbocycles. The third-order valence-electron chi connectivity index (χ3n) is 4.98. The van der Waals surface area contributed by atoms with Crippen LogP contribution in [0.15, 0.2) is 18.2 Å². The number of halogens is 1. The largest absolute Gasteiger partial charge is 0.380 e. The lowest BCUT2D eigenvalue weighted by Crippen LogP contribution is -2.64. The predicted octanol–water partition coefficient (Wildman–Crippen LogP) is 4.41. The lowest BCUT2D eigenvalue weighted by atomic mass is 9.51. The fourth-order valence-electron chi connectivity index (χ4n) is 3.63. The van der Waals surface area contributed by atoms with Crippen LogP contribution in [0.5, 0.6) is 0 Å². The van der Waals surface area contributed by atoms with Gasteiger partial charge in [-0.1, -0.05) is 30.2 Å². The molecule has 0 amide bonds. The molecule has 2 unspecified atom stereocenters. The van der Waals surface area contributed by atoms with Crippen LogP contribution in [0.25, 0.3) is 0 Å². The van der Waals surface area contributed by atoms with Crippen LogP contribution in [0, 0.1) is 12.3 Å². The second-order valence-corrected chi connectivity index (χ2v) is 6.30. The molecule has 2 fully saturated rings. The molecule has 104 valence electrons.